The minimum atomic E-state index is -0.716. The van der Waals surface area contributed by atoms with E-state index in [9.17, 15) is 14.9 Å². The number of nitrogens with one attached hydrogen (secondary N) is 2. The lowest BCUT2D eigenvalue weighted by molar-refractivity contribution is 0.0156. The second kappa shape index (κ2) is 11.9. The van der Waals surface area contributed by atoms with Crippen molar-refractivity contribution in [2.45, 2.75) is 46.1 Å². The number of hydrogen-bond donors (Lipinski definition) is 2. The smallest absolute Gasteiger partial charge is 0.410 e. The number of piperidine rings is 1. The molecule has 40 heavy (non-hydrogen) atoms. The van der Waals surface area contributed by atoms with Crippen LogP contribution in [0, 0.1) is 23.7 Å². The Balaban J connectivity index is 1.60. The van der Waals surface area contributed by atoms with E-state index in [0.29, 0.717) is 68.5 Å². The molecule has 1 aliphatic rings. The molecule has 0 spiro atoms. The molecule has 1 saturated heterocycles. The van der Waals surface area contributed by atoms with Crippen molar-refractivity contribution >= 4 is 23.5 Å². The van der Waals surface area contributed by atoms with Crippen molar-refractivity contribution in [3.8, 4) is 17.3 Å². The highest BCUT2D eigenvalue weighted by Gasteiger charge is 2.37. The van der Waals surface area contributed by atoms with Crippen LogP contribution in [0.1, 0.15) is 49.8 Å². The van der Waals surface area contributed by atoms with Crippen LogP contribution in [0.3, 0.4) is 0 Å². The largest absolute Gasteiger partial charge is 0.444 e. The summed E-state index contributed by atoms with van der Waals surface area (Å²) >= 11 is 0. The SMILES string of the molecule is COCCNC(=O)c1nc2c(NCC3(C#N)CCN(C(=O)OC(C)(C)C)CC3)nc(-c3ccncc3)cn2c1C. The molecule has 1 fully saturated rings. The van der Waals surface area contributed by atoms with Crippen molar-refractivity contribution in [3.63, 3.8) is 0 Å². The highest BCUT2D eigenvalue weighted by Crippen LogP contribution is 2.33. The van der Waals surface area contributed by atoms with Crippen molar-refractivity contribution in [2.75, 3.05) is 45.2 Å². The van der Waals surface area contributed by atoms with E-state index >= 15 is 0 Å². The highest BCUT2D eigenvalue weighted by atomic mass is 16.6. The van der Waals surface area contributed by atoms with Crippen molar-refractivity contribution in [2.24, 2.45) is 5.41 Å². The number of likely N-dealkylation sites (tertiary alicyclic amines) is 1. The molecule has 4 heterocycles. The molecule has 2 N–H and O–H groups in total. The number of aryl methyl sites for hydroxylation is 1. The zero-order valence-corrected chi connectivity index (χ0v) is 23.7. The Morgan fingerprint density at radius 3 is 2.50 bits per heavy atom. The molecular formula is C28H36N8O4. The first kappa shape index (κ1) is 28.8. The normalized spacial score (nSPS) is 14.9. The van der Waals surface area contributed by atoms with Crippen molar-refractivity contribution in [1.29, 1.82) is 5.26 Å². The van der Waals surface area contributed by atoms with E-state index < -0.39 is 11.0 Å². The number of imidazole rings is 1. The molecule has 0 aliphatic carbocycles. The van der Waals surface area contributed by atoms with Gasteiger partial charge < -0.3 is 25.0 Å². The summed E-state index contributed by atoms with van der Waals surface area (Å²) in [7, 11) is 1.57. The summed E-state index contributed by atoms with van der Waals surface area (Å²) in [6, 6.07) is 6.18. The molecule has 0 aromatic carbocycles. The Morgan fingerprint density at radius 1 is 1.18 bits per heavy atom. The maximum Gasteiger partial charge on any atom is 0.410 e. The van der Waals surface area contributed by atoms with Gasteiger partial charge in [-0.15, -0.1) is 0 Å². The van der Waals surface area contributed by atoms with Gasteiger partial charge in [-0.05, 0) is 52.7 Å². The van der Waals surface area contributed by atoms with Gasteiger partial charge in [0.15, 0.2) is 11.5 Å². The first-order chi connectivity index (χ1) is 19.1. The van der Waals surface area contributed by atoms with Crippen LogP contribution in [0.2, 0.25) is 0 Å². The van der Waals surface area contributed by atoms with Gasteiger partial charge >= 0.3 is 6.09 Å². The van der Waals surface area contributed by atoms with Crippen LogP contribution < -0.4 is 10.6 Å². The molecule has 2 amide bonds. The van der Waals surface area contributed by atoms with E-state index in [-0.39, 0.29) is 17.7 Å². The topological polar surface area (TPSA) is 147 Å². The van der Waals surface area contributed by atoms with Gasteiger partial charge in [0.05, 0.1) is 29.5 Å². The lowest BCUT2D eigenvalue weighted by atomic mass is 9.80. The monoisotopic (exact) mass is 548 g/mol. The summed E-state index contributed by atoms with van der Waals surface area (Å²) in [4.78, 5) is 40.6. The van der Waals surface area contributed by atoms with Gasteiger partial charge in [-0.1, -0.05) is 0 Å². The number of nitriles is 1. The Morgan fingerprint density at radius 2 is 1.88 bits per heavy atom. The molecular weight excluding hydrogens is 512 g/mol. The van der Waals surface area contributed by atoms with Crippen LogP contribution in [-0.2, 0) is 9.47 Å². The second-order valence-electron chi connectivity index (χ2n) is 10.9. The Bertz CT molecular complexity index is 1400. The molecule has 4 rings (SSSR count). The van der Waals surface area contributed by atoms with Gasteiger partial charge in [0.2, 0.25) is 0 Å². The number of hydrogen-bond acceptors (Lipinski definition) is 9. The molecule has 0 unspecified atom stereocenters. The Hall–Kier alpha value is -4.24. The fraction of sp³-hybridized carbons (Fsp3) is 0.500. The summed E-state index contributed by atoms with van der Waals surface area (Å²) in [6.07, 6.45) is 5.81. The number of ether oxygens (including phenoxy) is 2. The van der Waals surface area contributed by atoms with Gasteiger partial charge in [0.25, 0.3) is 5.91 Å². The molecule has 1 aliphatic heterocycles. The van der Waals surface area contributed by atoms with Crippen molar-refractivity contribution < 1.29 is 19.1 Å². The van der Waals surface area contributed by atoms with E-state index in [4.69, 9.17) is 14.5 Å². The number of fused-ring (bicyclic) bond motifs is 1. The Labute approximate surface area is 233 Å². The number of rotatable bonds is 8. The third kappa shape index (κ3) is 6.48. The molecule has 12 heteroatoms. The average Bonchev–Trinajstić information content (AvgIpc) is 3.28. The van der Waals surface area contributed by atoms with E-state index in [0.717, 1.165) is 5.56 Å². The number of nitrogens with zero attached hydrogens (tertiary/aromatic N) is 6. The molecule has 3 aromatic heterocycles. The number of amides is 2. The lowest BCUT2D eigenvalue weighted by Crippen LogP contribution is -2.46. The predicted octanol–water partition coefficient (Wildman–Crippen LogP) is 3.43. The van der Waals surface area contributed by atoms with Crippen LogP contribution >= 0.6 is 0 Å². The number of anilines is 1. The highest BCUT2D eigenvalue weighted by molar-refractivity contribution is 5.95. The molecule has 0 bridgehead atoms. The molecule has 0 saturated carbocycles. The molecule has 12 nitrogen and oxygen atoms in total. The quantitative estimate of drug-likeness (QED) is 0.404. The van der Waals surface area contributed by atoms with Crippen LogP contribution in [-0.4, -0.2) is 81.7 Å². The number of carbonyl (C=O) groups excluding carboxylic acids is 2. The predicted molar refractivity (Wildman–Crippen MR) is 149 cm³/mol. The zero-order chi connectivity index (χ0) is 28.9. The molecule has 3 aromatic rings. The van der Waals surface area contributed by atoms with Gasteiger partial charge in [-0.2, -0.15) is 5.26 Å². The first-order valence-electron chi connectivity index (χ1n) is 13.3. The molecule has 212 valence electrons. The third-order valence-electron chi connectivity index (χ3n) is 6.83. The minimum absolute atomic E-state index is 0.286. The number of carbonyl (C=O) groups is 2. The molecule has 0 atom stereocenters. The number of aromatic nitrogens is 4. The maximum absolute atomic E-state index is 12.9. The second-order valence-corrected chi connectivity index (χ2v) is 10.9. The van der Waals surface area contributed by atoms with Gasteiger partial charge in [0, 0.05) is 57.4 Å². The van der Waals surface area contributed by atoms with E-state index in [1.165, 1.54) is 0 Å². The van der Waals surface area contributed by atoms with Gasteiger partial charge in [0.1, 0.15) is 11.3 Å². The van der Waals surface area contributed by atoms with Crippen LogP contribution in [0.25, 0.3) is 16.9 Å². The zero-order valence-electron chi connectivity index (χ0n) is 23.7. The van der Waals surface area contributed by atoms with Crippen molar-refractivity contribution in [1.82, 2.24) is 29.6 Å². The lowest BCUT2D eigenvalue weighted by Gasteiger charge is -2.37. The summed E-state index contributed by atoms with van der Waals surface area (Å²) in [5.41, 5.74) is 1.63. The van der Waals surface area contributed by atoms with Crippen LogP contribution in [0.4, 0.5) is 10.6 Å². The fourth-order valence-corrected chi connectivity index (χ4v) is 4.53. The fourth-order valence-electron chi connectivity index (χ4n) is 4.53. The van der Waals surface area contributed by atoms with E-state index in [1.54, 1.807) is 24.4 Å². The maximum atomic E-state index is 12.9. The number of pyridine rings is 1. The van der Waals surface area contributed by atoms with Gasteiger partial charge in [-0.25, -0.2) is 14.8 Å². The Kier molecular flexibility index (Phi) is 8.54. The summed E-state index contributed by atoms with van der Waals surface area (Å²) in [5.74, 6) is 0.148. The standard InChI is InChI=1S/C28H36N8O4/c1-19-22(25(37)31-12-15-39-5)34-24-23(33-21(16-36(19)24)20-6-10-30-11-7-20)32-18-28(17-29)8-13-35(14-9-28)26(38)40-27(2,3)4/h6-7,10-11,16H,8-9,12-15,18H2,1-5H3,(H,31,37)(H,32,33). The number of methoxy groups -OCH3 is 1. The summed E-state index contributed by atoms with van der Waals surface area (Å²) in [6.45, 7) is 9.20. The molecule has 0 radical (unpaired) electrons. The van der Waals surface area contributed by atoms with Crippen LogP contribution in [0.15, 0.2) is 30.7 Å². The average molecular weight is 549 g/mol. The van der Waals surface area contributed by atoms with E-state index in [1.807, 2.05) is 50.4 Å². The van der Waals surface area contributed by atoms with Gasteiger partial charge in [-0.3, -0.25) is 14.2 Å². The van der Waals surface area contributed by atoms with E-state index in [2.05, 4.69) is 26.7 Å². The van der Waals surface area contributed by atoms with Crippen molar-refractivity contribution in [3.05, 3.63) is 42.1 Å². The minimum Gasteiger partial charge on any atom is -0.444 e. The third-order valence-corrected chi connectivity index (χ3v) is 6.83. The summed E-state index contributed by atoms with van der Waals surface area (Å²) < 4.78 is 12.4. The summed E-state index contributed by atoms with van der Waals surface area (Å²) in [5, 5.41) is 16.3. The van der Waals surface area contributed by atoms with Crippen LogP contribution in [0.5, 0.6) is 0 Å². The first-order valence-corrected chi connectivity index (χ1v) is 13.3.